The zero-order valence-corrected chi connectivity index (χ0v) is 25.1. The van der Waals surface area contributed by atoms with Crippen LogP contribution in [0.1, 0.15) is 0 Å². The van der Waals surface area contributed by atoms with Crippen molar-refractivity contribution >= 4 is 65.4 Å². The maximum Gasteiger partial charge on any atom is 0.145 e. The van der Waals surface area contributed by atoms with Gasteiger partial charge in [0.25, 0.3) is 0 Å². The Bertz CT molecular complexity index is 2820. The molecule has 0 aliphatic heterocycles. The number of fused-ring (bicyclic) bond motifs is 8. The Balaban J connectivity index is 1.28. The molecule has 0 aliphatic rings. The largest absolute Gasteiger partial charge is 0.327 e. The Morgan fingerprint density at radius 2 is 1.09 bits per heavy atom. The Morgan fingerprint density at radius 3 is 1.87 bits per heavy atom. The smallest absolute Gasteiger partial charge is 0.145 e. The van der Waals surface area contributed by atoms with Crippen molar-refractivity contribution < 1.29 is 0 Å². The van der Waals surface area contributed by atoms with Crippen LogP contribution in [0.3, 0.4) is 0 Å². The fourth-order valence-corrected chi connectivity index (χ4v) is 7.40. The van der Waals surface area contributed by atoms with Gasteiger partial charge in [-0.3, -0.25) is 4.57 Å². The fourth-order valence-electron chi connectivity index (χ4n) is 7.40. The van der Waals surface area contributed by atoms with Gasteiger partial charge in [0.1, 0.15) is 11.6 Å². The summed E-state index contributed by atoms with van der Waals surface area (Å²) in [5.74, 6) is 1.89. The van der Waals surface area contributed by atoms with Gasteiger partial charge in [0.2, 0.25) is 0 Å². The van der Waals surface area contributed by atoms with Crippen LogP contribution in [0.4, 0.5) is 0 Å². The molecule has 0 fully saturated rings. The lowest BCUT2D eigenvalue weighted by atomic mass is 10.1. The Labute approximate surface area is 264 Å². The number of nitrogens with zero attached hydrogens (tertiary/aromatic N) is 5. The van der Waals surface area contributed by atoms with E-state index in [1.54, 1.807) is 0 Å². The van der Waals surface area contributed by atoms with Crippen molar-refractivity contribution in [3.05, 3.63) is 146 Å². The summed E-state index contributed by atoms with van der Waals surface area (Å²) in [6.07, 6.45) is 1.91. The van der Waals surface area contributed by atoms with E-state index >= 15 is 0 Å². The highest BCUT2D eigenvalue weighted by atomic mass is 15.1. The molecule has 4 aromatic heterocycles. The molecule has 216 valence electrons. The molecule has 0 N–H and O–H groups in total. The topological polar surface area (TPSA) is 40.6 Å². The van der Waals surface area contributed by atoms with Gasteiger partial charge < -0.3 is 9.13 Å². The number of imidazole rings is 1. The highest BCUT2D eigenvalue weighted by molar-refractivity contribution is 6.13. The minimum atomic E-state index is 0.938. The van der Waals surface area contributed by atoms with Crippen molar-refractivity contribution in [2.45, 2.75) is 0 Å². The summed E-state index contributed by atoms with van der Waals surface area (Å²) in [4.78, 5) is 9.98. The SMILES string of the molecule is Cn1c(-c2ccc3c4ccccc4n(-c4ccc5c6ccccc6n(-c6nccc7ccccc67)c5c4)c3c2)nc2ccccc21. The molecule has 0 spiro atoms. The van der Waals surface area contributed by atoms with E-state index in [9.17, 15) is 0 Å². The summed E-state index contributed by atoms with van der Waals surface area (Å²) < 4.78 is 6.91. The quantitative estimate of drug-likeness (QED) is 0.206. The first-order valence-electron chi connectivity index (χ1n) is 15.6. The first-order valence-corrected chi connectivity index (χ1v) is 15.6. The molecule has 4 heterocycles. The number of hydrogen-bond acceptors (Lipinski definition) is 2. The van der Waals surface area contributed by atoms with Gasteiger partial charge in [0.05, 0.1) is 33.1 Å². The molecule has 6 aromatic carbocycles. The molecule has 0 saturated heterocycles. The maximum atomic E-state index is 5.02. The molecule has 0 radical (unpaired) electrons. The van der Waals surface area contributed by atoms with Gasteiger partial charge in [-0.2, -0.15) is 0 Å². The number of hydrogen-bond donors (Lipinski definition) is 0. The van der Waals surface area contributed by atoms with Gasteiger partial charge in [0, 0.05) is 51.4 Å². The molecule has 0 amide bonds. The second kappa shape index (κ2) is 9.40. The fraction of sp³-hybridized carbons (Fsp3) is 0.0244. The van der Waals surface area contributed by atoms with E-state index in [1.165, 1.54) is 32.4 Å². The summed E-state index contributed by atoms with van der Waals surface area (Å²) in [6, 6.07) is 49.8. The Morgan fingerprint density at radius 1 is 0.478 bits per heavy atom. The number of rotatable bonds is 3. The van der Waals surface area contributed by atoms with Gasteiger partial charge >= 0.3 is 0 Å². The van der Waals surface area contributed by atoms with Crippen LogP contribution in [0.5, 0.6) is 0 Å². The average Bonchev–Trinajstić information content (AvgIpc) is 3.74. The van der Waals surface area contributed by atoms with Crippen LogP contribution in [-0.4, -0.2) is 23.7 Å². The van der Waals surface area contributed by atoms with Crippen LogP contribution in [0.15, 0.2) is 146 Å². The zero-order valence-electron chi connectivity index (χ0n) is 25.1. The van der Waals surface area contributed by atoms with Crippen molar-refractivity contribution in [2.75, 3.05) is 0 Å². The third-order valence-electron chi connectivity index (χ3n) is 9.50. The highest BCUT2D eigenvalue weighted by Gasteiger charge is 2.19. The molecule has 0 unspecified atom stereocenters. The third kappa shape index (κ3) is 3.45. The maximum absolute atomic E-state index is 5.02. The monoisotopic (exact) mass is 589 g/mol. The molecule has 0 bridgehead atoms. The lowest BCUT2D eigenvalue weighted by Crippen LogP contribution is -2.00. The molecule has 10 aromatic rings. The average molecular weight is 590 g/mol. The highest BCUT2D eigenvalue weighted by Crippen LogP contribution is 2.38. The standard InChI is InChI=1S/C41H27N5/c1-44-37-17-9-6-14-34(37)43-40(44)27-18-20-32-30-12-4-7-15-35(30)45(38(32)24-27)28-19-21-33-31-13-5-8-16-36(31)46(39(33)25-28)41-29-11-3-2-10-26(29)22-23-42-41/h2-25H,1H3. The Kier molecular flexibility index (Phi) is 5.14. The summed E-state index contributed by atoms with van der Waals surface area (Å²) in [5, 5.41) is 7.16. The zero-order chi connectivity index (χ0) is 30.4. The minimum Gasteiger partial charge on any atom is -0.327 e. The van der Waals surface area contributed by atoms with E-state index < -0.39 is 0 Å². The van der Waals surface area contributed by atoms with Crippen LogP contribution in [0.2, 0.25) is 0 Å². The van der Waals surface area contributed by atoms with Gasteiger partial charge in [-0.25, -0.2) is 9.97 Å². The van der Waals surface area contributed by atoms with E-state index in [1.807, 2.05) is 12.3 Å². The normalized spacial score (nSPS) is 12.0. The van der Waals surface area contributed by atoms with Gasteiger partial charge in [0.15, 0.2) is 0 Å². The number of aromatic nitrogens is 5. The molecule has 0 atom stereocenters. The van der Waals surface area contributed by atoms with Gasteiger partial charge in [-0.05, 0) is 53.9 Å². The van der Waals surface area contributed by atoms with Crippen molar-refractivity contribution in [3.63, 3.8) is 0 Å². The lowest BCUT2D eigenvalue weighted by molar-refractivity contribution is 0.959. The van der Waals surface area contributed by atoms with E-state index in [0.29, 0.717) is 0 Å². The van der Waals surface area contributed by atoms with E-state index in [0.717, 1.165) is 55.9 Å². The molecule has 0 saturated carbocycles. The molecule has 5 heteroatoms. The molecular formula is C41H27N5. The Hall–Kier alpha value is -6.20. The predicted octanol–water partition coefficient (Wildman–Crippen LogP) is 9.98. The number of para-hydroxylation sites is 4. The first-order chi connectivity index (χ1) is 22.7. The lowest BCUT2D eigenvalue weighted by Gasteiger charge is -2.12. The summed E-state index contributed by atoms with van der Waals surface area (Å²) in [6.45, 7) is 0. The van der Waals surface area contributed by atoms with Crippen LogP contribution in [-0.2, 0) is 7.05 Å². The van der Waals surface area contributed by atoms with E-state index in [-0.39, 0.29) is 0 Å². The number of pyridine rings is 1. The summed E-state index contributed by atoms with van der Waals surface area (Å²) in [5.41, 5.74) is 8.90. The molecular weight excluding hydrogens is 562 g/mol. The summed E-state index contributed by atoms with van der Waals surface area (Å²) in [7, 11) is 2.10. The van der Waals surface area contributed by atoms with E-state index in [4.69, 9.17) is 9.97 Å². The van der Waals surface area contributed by atoms with Crippen molar-refractivity contribution in [2.24, 2.45) is 7.05 Å². The van der Waals surface area contributed by atoms with Crippen LogP contribution in [0, 0.1) is 0 Å². The molecule has 10 rings (SSSR count). The van der Waals surface area contributed by atoms with Crippen LogP contribution < -0.4 is 0 Å². The van der Waals surface area contributed by atoms with Crippen LogP contribution in [0.25, 0.3) is 88.3 Å². The van der Waals surface area contributed by atoms with Crippen molar-refractivity contribution in [1.82, 2.24) is 23.7 Å². The second-order valence-electron chi connectivity index (χ2n) is 12.0. The van der Waals surface area contributed by atoms with Crippen molar-refractivity contribution in [3.8, 4) is 22.9 Å². The number of aryl methyl sites for hydroxylation is 1. The summed E-state index contributed by atoms with van der Waals surface area (Å²) >= 11 is 0. The van der Waals surface area contributed by atoms with Crippen molar-refractivity contribution in [1.29, 1.82) is 0 Å². The third-order valence-corrected chi connectivity index (χ3v) is 9.50. The first kappa shape index (κ1) is 25.2. The minimum absolute atomic E-state index is 0.938. The van der Waals surface area contributed by atoms with E-state index in [2.05, 4.69) is 154 Å². The van der Waals surface area contributed by atoms with Crippen LogP contribution >= 0.6 is 0 Å². The van der Waals surface area contributed by atoms with Gasteiger partial charge in [-0.15, -0.1) is 0 Å². The van der Waals surface area contributed by atoms with Gasteiger partial charge in [-0.1, -0.05) is 91.0 Å². The predicted molar refractivity (Wildman–Crippen MR) is 190 cm³/mol. The molecule has 46 heavy (non-hydrogen) atoms. The molecule has 5 nitrogen and oxygen atoms in total. The molecule has 0 aliphatic carbocycles. The number of benzene rings is 6. The second-order valence-corrected chi connectivity index (χ2v) is 12.0.